The number of hydrogen-bond donors (Lipinski definition) is 2. The van der Waals surface area contributed by atoms with E-state index < -0.39 is 6.04 Å². The Labute approximate surface area is 127 Å². The van der Waals surface area contributed by atoms with Gasteiger partial charge in [-0.05, 0) is 30.5 Å². The smallest absolute Gasteiger partial charge is 0.237 e. The van der Waals surface area contributed by atoms with E-state index in [1.165, 1.54) is 11.3 Å². The second kappa shape index (κ2) is 7.43. The highest BCUT2D eigenvalue weighted by molar-refractivity contribution is 7.16. The number of benzene rings is 1. The minimum atomic E-state index is -0.510. The number of rotatable bonds is 6. The Morgan fingerprint density at radius 1 is 1.25 bits per heavy atom. The van der Waals surface area contributed by atoms with Gasteiger partial charge >= 0.3 is 0 Å². The molecule has 1 aromatic heterocycles. The maximum atomic E-state index is 11.9. The van der Waals surface area contributed by atoms with Gasteiger partial charge in [0, 0.05) is 11.4 Å². The Morgan fingerprint density at radius 2 is 2.00 bits per heavy atom. The van der Waals surface area contributed by atoms with Gasteiger partial charge in [0.2, 0.25) is 5.91 Å². The Morgan fingerprint density at radius 3 is 2.65 bits per heavy atom. The molecule has 0 aliphatic heterocycles. The molecule has 0 radical (unpaired) electrons. The highest BCUT2D eigenvalue weighted by Gasteiger charge is 2.13. The first-order valence-electron chi connectivity index (χ1n) is 6.46. The summed E-state index contributed by atoms with van der Waals surface area (Å²) in [5, 5.41) is 2.86. The summed E-state index contributed by atoms with van der Waals surface area (Å²) in [4.78, 5) is 13.0. The largest absolute Gasteiger partial charge is 0.354 e. The van der Waals surface area contributed by atoms with Crippen LogP contribution in [0, 0.1) is 0 Å². The fourth-order valence-electron chi connectivity index (χ4n) is 1.89. The fourth-order valence-corrected chi connectivity index (χ4v) is 2.97. The molecule has 0 fully saturated rings. The van der Waals surface area contributed by atoms with Crippen LogP contribution in [0.5, 0.6) is 0 Å². The van der Waals surface area contributed by atoms with E-state index in [1.807, 2.05) is 42.5 Å². The summed E-state index contributed by atoms with van der Waals surface area (Å²) in [6, 6.07) is 13.1. The Hall–Kier alpha value is -1.36. The van der Waals surface area contributed by atoms with Crippen molar-refractivity contribution in [2.45, 2.75) is 18.9 Å². The summed E-state index contributed by atoms with van der Waals surface area (Å²) in [6.07, 6.45) is 1.33. The van der Waals surface area contributed by atoms with E-state index in [2.05, 4.69) is 5.32 Å². The molecule has 1 heterocycles. The van der Waals surface area contributed by atoms with Crippen molar-refractivity contribution >= 4 is 28.8 Å². The zero-order valence-corrected chi connectivity index (χ0v) is 12.6. The summed E-state index contributed by atoms with van der Waals surface area (Å²) < 4.78 is 0.770. The number of carbonyl (C=O) groups excluding carboxylic acids is 1. The summed E-state index contributed by atoms with van der Waals surface area (Å²) >= 11 is 7.39. The van der Waals surface area contributed by atoms with Crippen LogP contribution in [0.1, 0.15) is 10.4 Å². The molecule has 5 heteroatoms. The molecular weight excluding hydrogens is 292 g/mol. The van der Waals surface area contributed by atoms with E-state index in [4.69, 9.17) is 17.3 Å². The first-order chi connectivity index (χ1) is 9.65. The van der Waals surface area contributed by atoms with Gasteiger partial charge in [0.15, 0.2) is 0 Å². The van der Waals surface area contributed by atoms with Crippen molar-refractivity contribution in [1.29, 1.82) is 0 Å². The van der Waals surface area contributed by atoms with Crippen LogP contribution in [-0.4, -0.2) is 18.5 Å². The molecule has 0 aliphatic rings. The third-order valence-electron chi connectivity index (χ3n) is 2.93. The van der Waals surface area contributed by atoms with Crippen LogP contribution >= 0.6 is 22.9 Å². The molecule has 0 aliphatic carbocycles. The van der Waals surface area contributed by atoms with E-state index in [0.29, 0.717) is 13.0 Å². The predicted octanol–water partition coefficient (Wildman–Crippen LogP) is 2.63. The topological polar surface area (TPSA) is 55.1 Å². The molecule has 0 bridgehead atoms. The van der Waals surface area contributed by atoms with Crippen LogP contribution in [0.2, 0.25) is 4.34 Å². The molecule has 1 aromatic carbocycles. The molecule has 106 valence electrons. The van der Waals surface area contributed by atoms with Gasteiger partial charge in [-0.15, -0.1) is 11.3 Å². The number of nitrogens with one attached hydrogen (secondary N) is 1. The molecule has 3 nitrogen and oxygen atoms in total. The van der Waals surface area contributed by atoms with Crippen LogP contribution in [0.4, 0.5) is 0 Å². The quantitative estimate of drug-likeness (QED) is 0.862. The van der Waals surface area contributed by atoms with Gasteiger partial charge in [0.25, 0.3) is 0 Å². The summed E-state index contributed by atoms with van der Waals surface area (Å²) in [6.45, 7) is 0.582. The van der Waals surface area contributed by atoms with E-state index in [0.717, 1.165) is 21.2 Å². The molecule has 1 atom stereocenters. The van der Waals surface area contributed by atoms with Crippen LogP contribution in [0.3, 0.4) is 0 Å². The Balaban J connectivity index is 1.74. The third kappa shape index (κ3) is 4.63. The number of hydrogen-bond acceptors (Lipinski definition) is 3. The van der Waals surface area contributed by atoms with E-state index in [9.17, 15) is 4.79 Å². The van der Waals surface area contributed by atoms with Gasteiger partial charge in [-0.25, -0.2) is 0 Å². The van der Waals surface area contributed by atoms with Crippen molar-refractivity contribution in [3.05, 3.63) is 57.2 Å². The van der Waals surface area contributed by atoms with Gasteiger partial charge in [-0.1, -0.05) is 41.9 Å². The third-order valence-corrected chi connectivity index (χ3v) is 4.23. The maximum absolute atomic E-state index is 11.9. The van der Waals surface area contributed by atoms with Crippen LogP contribution in [0.25, 0.3) is 0 Å². The normalized spacial score (nSPS) is 12.1. The first-order valence-corrected chi connectivity index (χ1v) is 7.66. The van der Waals surface area contributed by atoms with Gasteiger partial charge in [0.1, 0.15) is 0 Å². The van der Waals surface area contributed by atoms with Crippen molar-refractivity contribution in [2.75, 3.05) is 6.54 Å². The molecule has 0 spiro atoms. The predicted molar refractivity (Wildman–Crippen MR) is 84.2 cm³/mol. The first kappa shape index (κ1) is 15.0. The highest BCUT2D eigenvalue weighted by Crippen LogP contribution is 2.21. The standard InChI is InChI=1S/C15H17ClN2OS/c16-14-7-6-12(20-14)8-9-18-15(19)13(17)10-11-4-2-1-3-5-11/h1-7,13H,8-10,17H2,(H,18,19)/t13-/m1/s1. The van der Waals surface area contributed by atoms with Gasteiger partial charge in [-0.3, -0.25) is 4.79 Å². The van der Waals surface area contributed by atoms with E-state index in [-0.39, 0.29) is 5.91 Å². The van der Waals surface area contributed by atoms with Gasteiger partial charge < -0.3 is 11.1 Å². The Bertz CT molecular complexity index is 556. The summed E-state index contributed by atoms with van der Waals surface area (Å²) in [5.41, 5.74) is 6.97. The number of amides is 1. The SMILES string of the molecule is N[C@H](Cc1ccccc1)C(=O)NCCc1ccc(Cl)s1. The molecular formula is C15H17ClN2OS. The van der Waals surface area contributed by atoms with Crippen LogP contribution < -0.4 is 11.1 Å². The zero-order chi connectivity index (χ0) is 14.4. The lowest BCUT2D eigenvalue weighted by molar-refractivity contribution is -0.122. The molecule has 0 saturated carbocycles. The molecule has 1 amide bonds. The number of thiophene rings is 1. The van der Waals surface area contributed by atoms with Gasteiger partial charge in [0.05, 0.1) is 10.4 Å². The number of halogens is 1. The molecule has 0 unspecified atom stereocenters. The molecule has 2 rings (SSSR count). The second-order valence-corrected chi connectivity index (χ2v) is 6.34. The molecule has 20 heavy (non-hydrogen) atoms. The summed E-state index contributed by atoms with van der Waals surface area (Å²) in [7, 11) is 0. The van der Waals surface area contributed by atoms with Gasteiger partial charge in [-0.2, -0.15) is 0 Å². The van der Waals surface area contributed by atoms with Crippen molar-refractivity contribution in [2.24, 2.45) is 5.73 Å². The Kier molecular flexibility index (Phi) is 5.59. The van der Waals surface area contributed by atoms with Crippen molar-refractivity contribution in [3.8, 4) is 0 Å². The minimum absolute atomic E-state index is 0.114. The molecule has 0 saturated heterocycles. The fraction of sp³-hybridized carbons (Fsp3) is 0.267. The minimum Gasteiger partial charge on any atom is -0.354 e. The highest BCUT2D eigenvalue weighted by atomic mass is 35.5. The monoisotopic (exact) mass is 308 g/mol. The van der Waals surface area contributed by atoms with Crippen molar-refractivity contribution in [1.82, 2.24) is 5.32 Å². The molecule has 3 N–H and O–H groups in total. The average Bonchev–Trinajstić information content (AvgIpc) is 2.85. The lowest BCUT2D eigenvalue weighted by atomic mass is 10.1. The zero-order valence-electron chi connectivity index (χ0n) is 11.0. The average molecular weight is 309 g/mol. The molecule has 2 aromatic rings. The lowest BCUT2D eigenvalue weighted by Crippen LogP contribution is -2.42. The van der Waals surface area contributed by atoms with Crippen LogP contribution in [-0.2, 0) is 17.6 Å². The number of carbonyl (C=O) groups is 1. The van der Waals surface area contributed by atoms with Crippen molar-refractivity contribution in [3.63, 3.8) is 0 Å². The summed E-state index contributed by atoms with van der Waals surface area (Å²) in [5.74, 6) is -0.114. The maximum Gasteiger partial charge on any atom is 0.237 e. The van der Waals surface area contributed by atoms with E-state index in [1.54, 1.807) is 0 Å². The van der Waals surface area contributed by atoms with Crippen LogP contribution in [0.15, 0.2) is 42.5 Å². The van der Waals surface area contributed by atoms with Crippen molar-refractivity contribution < 1.29 is 4.79 Å². The van der Waals surface area contributed by atoms with E-state index >= 15 is 0 Å². The second-order valence-electron chi connectivity index (χ2n) is 4.54. The lowest BCUT2D eigenvalue weighted by Gasteiger charge is -2.12. The number of nitrogens with two attached hydrogens (primary N) is 1.